The van der Waals surface area contributed by atoms with Gasteiger partial charge >= 0.3 is 0 Å². The normalized spacial score (nSPS) is 12.8. The molecule has 0 saturated carbocycles. The summed E-state index contributed by atoms with van der Waals surface area (Å²) in [5.74, 6) is 1.04. The Morgan fingerprint density at radius 1 is 1.19 bits per heavy atom. The maximum absolute atomic E-state index is 11.4. The van der Waals surface area contributed by atoms with Crippen molar-refractivity contribution in [3.8, 4) is 0 Å². The minimum atomic E-state index is 0.240. The zero-order chi connectivity index (χ0) is 12.0. The standard InChI is InChI=1S/C15H22O/c1-12(2)15(13(3)16)11-7-10-14-8-5-4-6-9-14/h4-6,8-9,12,15H,7,10-11H2,1-3H3. The molecule has 0 aliphatic rings. The molecule has 88 valence electrons. The van der Waals surface area contributed by atoms with E-state index < -0.39 is 0 Å². The second kappa shape index (κ2) is 6.47. The Morgan fingerprint density at radius 2 is 1.81 bits per heavy atom. The third-order valence-corrected chi connectivity index (χ3v) is 3.15. The van der Waals surface area contributed by atoms with Gasteiger partial charge in [0, 0.05) is 5.92 Å². The fourth-order valence-corrected chi connectivity index (χ4v) is 2.18. The van der Waals surface area contributed by atoms with Crippen LogP contribution in [0.5, 0.6) is 0 Å². The molecular formula is C15H22O. The van der Waals surface area contributed by atoms with Crippen LogP contribution in [0.25, 0.3) is 0 Å². The van der Waals surface area contributed by atoms with Gasteiger partial charge in [-0.15, -0.1) is 0 Å². The van der Waals surface area contributed by atoms with Crippen molar-refractivity contribution in [3.63, 3.8) is 0 Å². The smallest absolute Gasteiger partial charge is 0.133 e. The molecule has 0 radical (unpaired) electrons. The predicted octanol–water partition coefficient (Wildman–Crippen LogP) is 3.87. The molecule has 0 fully saturated rings. The minimum Gasteiger partial charge on any atom is -0.300 e. The first-order valence-electron chi connectivity index (χ1n) is 6.15. The Balaban J connectivity index is 2.37. The third-order valence-electron chi connectivity index (χ3n) is 3.15. The fourth-order valence-electron chi connectivity index (χ4n) is 2.18. The van der Waals surface area contributed by atoms with E-state index in [0.29, 0.717) is 11.7 Å². The van der Waals surface area contributed by atoms with Crippen LogP contribution in [0.1, 0.15) is 39.2 Å². The quantitative estimate of drug-likeness (QED) is 0.708. The van der Waals surface area contributed by atoms with Gasteiger partial charge in [-0.3, -0.25) is 4.79 Å². The van der Waals surface area contributed by atoms with E-state index in [4.69, 9.17) is 0 Å². The third kappa shape index (κ3) is 4.18. The van der Waals surface area contributed by atoms with Gasteiger partial charge in [-0.25, -0.2) is 0 Å². The lowest BCUT2D eigenvalue weighted by Gasteiger charge is -2.17. The maximum atomic E-state index is 11.4. The van der Waals surface area contributed by atoms with Crippen molar-refractivity contribution in [2.75, 3.05) is 0 Å². The highest BCUT2D eigenvalue weighted by Crippen LogP contribution is 2.19. The van der Waals surface area contributed by atoms with E-state index in [0.717, 1.165) is 19.3 Å². The number of Topliss-reactive ketones (excluding diaryl/α,β-unsaturated/α-hetero) is 1. The van der Waals surface area contributed by atoms with Crippen LogP contribution in [0.4, 0.5) is 0 Å². The molecule has 1 heteroatoms. The molecule has 0 heterocycles. The Morgan fingerprint density at radius 3 is 2.31 bits per heavy atom. The van der Waals surface area contributed by atoms with Crippen LogP contribution in [-0.4, -0.2) is 5.78 Å². The van der Waals surface area contributed by atoms with Crippen LogP contribution in [0.3, 0.4) is 0 Å². The molecule has 1 atom stereocenters. The molecule has 1 rings (SSSR count). The lowest BCUT2D eigenvalue weighted by molar-refractivity contribution is -0.122. The summed E-state index contributed by atoms with van der Waals surface area (Å²) in [4.78, 5) is 11.4. The average Bonchev–Trinajstić information content (AvgIpc) is 2.24. The second-order valence-corrected chi connectivity index (χ2v) is 4.84. The van der Waals surface area contributed by atoms with Crippen molar-refractivity contribution in [1.82, 2.24) is 0 Å². The highest BCUT2D eigenvalue weighted by Gasteiger charge is 2.17. The Kier molecular flexibility index (Phi) is 5.24. The highest BCUT2D eigenvalue weighted by molar-refractivity contribution is 5.78. The maximum Gasteiger partial charge on any atom is 0.133 e. The second-order valence-electron chi connectivity index (χ2n) is 4.84. The molecule has 0 aliphatic heterocycles. The number of carbonyl (C=O) groups is 1. The summed E-state index contributed by atoms with van der Waals surface area (Å²) < 4.78 is 0. The predicted molar refractivity (Wildman–Crippen MR) is 68.4 cm³/mol. The number of ketones is 1. The van der Waals surface area contributed by atoms with Crippen LogP contribution >= 0.6 is 0 Å². The van der Waals surface area contributed by atoms with Crippen molar-refractivity contribution < 1.29 is 4.79 Å². The van der Waals surface area contributed by atoms with Gasteiger partial charge in [-0.05, 0) is 37.7 Å². The summed E-state index contributed by atoms with van der Waals surface area (Å²) in [6, 6.07) is 10.5. The summed E-state index contributed by atoms with van der Waals surface area (Å²) >= 11 is 0. The number of aryl methyl sites for hydroxylation is 1. The van der Waals surface area contributed by atoms with Crippen LogP contribution in [-0.2, 0) is 11.2 Å². The lowest BCUT2D eigenvalue weighted by atomic mass is 9.87. The Bertz CT molecular complexity index is 313. The summed E-state index contributed by atoms with van der Waals surface area (Å²) in [7, 11) is 0. The van der Waals surface area contributed by atoms with Crippen molar-refractivity contribution in [2.24, 2.45) is 11.8 Å². The number of rotatable bonds is 6. The molecule has 0 saturated heterocycles. The highest BCUT2D eigenvalue weighted by atomic mass is 16.1. The lowest BCUT2D eigenvalue weighted by Crippen LogP contribution is -2.17. The molecule has 16 heavy (non-hydrogen) atoms. The largest absolute Gasteiger partial charge is 0.300 e. The molecule has 1 aromatic rings. The van der Waals surface area contributed by atoms with E-state index in [1.807, 2.05) is 6.07 Å². The monoisotopic (exact) mass is 218 g/mol. The molecule has 0 bridgehead atoms. The van der Waals surface area contributed by atoms with E-state index in [2.05, 4.69) is 38.1 Å². The van der Waals surface area contributed by atoms with E-state index >= 15 is 0 Å². The van der Waals surface area contributed by atoms with Gasteiger partial charge < -0.3 is 0 Å². The van der Waals surface area contributed by atoms with Gasteiger partial charge in [-0.2, -0.15) is 0 Å². The van der Waals surface area contributed by atoms with Gasteiger partial charge in [0.05, 0.1) is 0 Å². The van der Waals surface area contributed by atoms with Crippen molar-refractivity contribution in [3.05, 3.63) is 35.9 Å². The average molecular weight is 218 g/mol. The van der Waals surface area contributed by atoms with E-state index in [1.54, 1.807) is 6.92 Å². The molecule has 0 amide bonds. The summed E-state index contributed by atoms with van der Waals surface area (Å²) in [6.07, 6.45) is 3.20. The first-order chi connectivity index (χ1) is 7.61. The summed E-state index contributed by atoms with van der Waals surface area (Å²) in [5, 5.41) is 0. The first-order valence-corrected chi connectivity index (χ1v) is 6.15. The van der Waals surface area contributed by atoms with Crippen LogP contribution in [0.2, 0.25) is 0 Å². The van der Waals surface area contributed by atoms with Crippen molar-refractivity contribution >= 4 is 5.78 Å². The minimum absolute atomic E-state index is 0.240. The van der Waals surface area contributed by atoms with E-state index in [1.165, 1.54) is 5.56 Å². The van der Waals surface area contributed by atoms with Crippen LogP contribution in [0.15, 0.2) is 30.3 Å². The van der Waals surface area contributed by atoms with Crippen LogP contribution < -0.4 is 0 Å². The van der Waals surface area contributed by atoms with Crippen LogP contribution in [0, 0.1) is 11.8 Å². The Hall–Kier alpha value is -1.11. The van der Waals surface area contributed by atoms with Gasteiger partial charge in [0.25, 0.3) is 0 Å². The molecule has 0 aliphatic carbocycles. The fraction of sp³-hybridized carbons (Fsp3) is 0.533. The number of hydrogen-bond donors (Lipinski definition) is 0. The van der Waals surface area contributed by atoms with Crippen molar-refractivity contribution in [2.45, 2.75) is 40.0 Å². The first kappa shape index (κ1) is 13.0. The summed E-state index contributed by atoms with van der Waals surface area (Å²) in [6.45, 7) is 5.98. The number of hydrogen-bond acceptors (Lipinski definition) is 1. The van der Waals surface area contributed by atoms with Gasteiger partial charge in [0.15, 0.2) is 0 Å². The molecule has 1 unspecified atom stereocenters. The van der Waals surface area contributed by atoms with Gasteiger partial charge in [0.1, 0.15) is 5.78 Å². The molecule has 0 N–H and O–H groups in total. The van der Waals surface area contributed by atoms with Crippen molar-refractivity contribution in [1.29, 1.82) is 0 Å². The van der Waals surface area contributed by atoms with Gasteiger partial charge in [0.2, 0.25) is 0 Å². The molecule has 0 aromatic heterocycles. The Labute approximate surface area is 98.9 Å². The zero-order valence-corrected chi connectivity index (χ0v) is 10.6. The molecular weight excluding hydrogens is 196 g/mol. The topological polar surface area (TPSA) is 17.1 Å². The molecule has 1 nitrogen and oxygen atoms in total. The summed E-state index contributed by atoms with van der Waals surface area (Å²) in [5.41, 5.74) is 1.37. The molecule has 1 aromatic carbocycles. The van der Waals surface area contributed by atoms with Gasteiger partial charge in [-0.1, -0.05) is 44.2 Å². The van der Waals surface area contributed by atoms with E-state index in [9.17, 15) is 4.79 Å². The zero-order valence-electron chi connectivity index (χ0n) is 10.6. The van der Waals surface area contributed by atoms with E-state index in [-0.39, 0.29) is 5.92 Å². The number of benzene rings is 1. The SMILES string of the molecule is CC(=O)C(CCCc1ccccc1)C(C)C. The molecule has 0 spiro atoms. The number of carbonyl (C=O) groups excluding carboxylic acids is 1.